The second kappa shape index (κ2) is 5.04. The van der Waals surface area contributed by atoms with Gasteiger partial charge in [0, 0.05) is 5.56 Å². The smallest absolute Gasteiger partial charge is 0.349 e. The molecule has 3 nitrogen and oxygen atoms in total. The Kier molecular flexibility index (Phi) is 3.63. The van der Waals surface area contributed by atoms with Crippen molar-refractivity contribution in [1.82, 2.24) is 4.98 Å². The molecule has 0 aliphatic heterocycles. The van der Waals surface area contributed by atoms with Crippen LogP contribution in [0.4, 0.5) is 4.39 Å². The number of benzene rings is 1. The number of halogens is 2. The Morgan fingerprint density at radius 3 is 2.83 bits per heavy atom. The Morgan fingerprint density at radius 2 is 2.22 bits per heavy atom. The summed E-state index contributed by atoms with van der Waals surface area (Å²) < 4.78 is 17.7. The lowest BCUT2D eigenvalue weighted by Crippen LogP contribution is -1.99. The summed E-state index contributed by atoms with van der Waals surface area (Å²) in [5.74, 6) is -0.911. The minimum atomic E-state index is -0.484. The molecule has 0 unspecified atom stereocenters. The molecule has 0 aliphatic rings. The van der Waals surface area contributed by atoms with Crippen LogP contribution in [0.15, 0.2) is 18.2 Å². The van der Waals surface area contributed by atoms with Crippen LogP contribution in [0.1, 0.15) is 15.4 Å². The average Bonchev–Trinajstić information content (AvgIpc) is 2.74. The Labute approximate surface area is 112 Å². The van der Waals surface area contributed by atoms with E-state index in [4.69, 9.17) is 11.6 Å². The molecule has 0 bridgehead atoms. The zero-order valence-electron chi connectivity index (χ0n) is 9.66. The van der Waals surface area contributed by atoms with Crippen molar-refractivity contribution in [3.05, 3.63) is 39.6 Å². The number of rotatable bonds is 2. The number of ether oxygens (including phenoxy) is 1. The maximum Gasteiger partial charge on any atom is 0.349 e. The highest BCUT2D eigenvalue weighted by molar-refractivity contribution is 7.17. The van der Waals surface area contributed by atoms with Crippen molar-refractivity contribution in [2.24, 2.45) is 0 Å². The van der Waals surface area contributed by atoms with E-state index in [-0.39, 0.29) is 5.02 Å². The molecular weight excluding hydrogens is 277 g/mol. The van der Waals surface area contributed by atoms with Crippen molar-refractivity contribution >= 4 is 28.9 Å². The van der Waals surface area contributed by atoms with Crippen molar-refractivity contribution in [3.8, 4) is 10.6 Å². The number of hydrogen-bond donors (Lipinski definition) is 0. The van der Waals surface area contributed by atoms with Gasteiger partial charge in [-0.25, -0.2) is 14.2 Å². The summed E-state index contributed by atoms with van der Waals surface area (Å²) in [4.78, 5) is 16.2. The molecule has 6 heteroatoms. The van der Waals surface area contributed by atoms with Gasteiger partial charge in [0.05, 0.1) is 17.8 Å². The quantitative estimate of drug-likeness (QED) is 0.790. The van der Waals surface area contributed by atoms with Crippen molar-refractivity contribution in [2.75, 3.05) is 7.11 Å². The van der Waals surface area contributed by atoms with Crippen LogP contribution in [-0.2, 0) is 4.74 Å². The van der Waals surface area contributed by atoms with E-state index in [0.717, 1.165) is 0 Å². The van der Waals surface area contributed by atoms with Crippen molar-refractivity contribution in [3.63, 3.8) is 0 Å². The molecule has 0 N–H and O–H groups in total. The second-order valence-corrected chi connectivity index (χ2v) is 4.96. The summed E-state index contributed by atoms with van der Waals surface area (Å²) in [6.45, 7) is 1.72. The largest absolute Gasteiger partial charge is 0.465 e. The fraction of sp³-hybridized carbons (Fsp3) is 0.167. The lowest BCUT2D eigenvalue weighted by atomic mass is 10.2. The highest BCUT2D eigenvalue weighted by Crippen LogP contribution is 2.30. The van der Waals surface area contributed by atoms with Crippen LogP contribution in [0, 0.1) is 12.7 Å². The number of aromatic nitrogens is 1. The highest BCUT2D eigenvalue weighted by atomic mass is 35.5. The van der Waals surface area contributed by atoms with Gasteiger partial charge in [0.15, 0.2) is 0 Å². The number of esters is 1. The van der Waals surface area contributed by atoms with E-state index in [2.05, 4.69) is 9.72 Å². The lowest BCUT2D eigenvalue weighted by Gasteiger charge is -1.98. The number of nitrogens with zero attached hydrogens (tertiary/aromatic N) is 1. The Bertz CT molecular complexity index is 612. The fourth-order valence-electron chi connectivity index (χ4n) is 1.43. The number of carbonyl (C=O) groups excluding carboxylic acids is 1. The van der Waals surface area contributed by atoms with E-state index >= 15 is 0 Å². The minimum absolute atomic E-state index is 0.0278. The zero-order chi connectivity index (χ0) is 13.3. The summed E-state index contributed by atoms with van der Waals surface area (Å²) in [7, 11) is 1.32. The van der Waals surface area contributed by atoms with Crippen LogP contribution in [0.2, 0.25) is 5.02 Å². The van der Waals surface area contributed by atoms with Crippen LogP contribution in [0.25, 0.3) is 10.6 Å². The molecule has 2 rings (SSSR count). The van der Waals surface area contributed by atoms with Crippen molar-refractivity contribution in [1.29, 1.82) is 0 Å². The van der Waals surface area contributed by atoms with Crippen molar-refractivity contribution < 1.29 is 13.9 Å². The van der Waals surface area contributed by atoms with Gasteiger partial charge in [-0.05, 0) is 25.1 Å². The van der Waals surface area contributed by atoms with Crippen molar-refractivity contribution in [2.45, 2.75) is 6.92 Å². The first-order valence-corrected chi connectivity index (χ1v) is 6.23. The Hall–Kier alpha value is -1.46. The first-order chi connectivity index (χ1) is 8.52. The van der Waals surface area contributed by atoms with Crippen LogP contribution < -0.4 is 0 Å². The van der Waals surface area contributed by atoms with Gasteiger partial charge in [0.1, 0.15) is 15.7 Å². The minimum Gasteiger partial charge on any atom is -0.465 e. The average molecular weight is 286 g/mol. The van der Waals surface area contributed by atoms with Crippen LogP contribution in [-0.4, -0.2) is 18.1 Å². The van der Waals surface area contributed by atoms with Crippen LogP contribution in [0.5, 0.6) is 0 Å². The number of aryl methyl sites for hydroxylation is 1. The topological polar surface area (TPSA) is 39.2 Å². The molecule has 0 atom stereocenters. The molecule has 0 fully saturated rings. The predicted octanol–water partition coefficient (Wildman–Crippen LogP) is 3.70. The van der Waals surface area contributed by atoms with E-state index in [1.807, 2.05) is 0 Å². The molecule has 1 aromatic heterocycles. The molecule has 1 heterocycles. The molecule has 0 radical (unpaired) electrons. The van der Waals surface area contributed by atoms with Gasteiger partial charge in [-0.1, -0.05) is 11.6 Å². The Morgan fingerprint density at radius 1 is 1.50 bits per heavy atom. The normalized spacial score (nSPS) is 10.4. The second-order valence-electron chi connectivity index (χ2n) is 3.55. The van der Waals surface area contributed by atoms with Gasteiger partial charge in [-0.15, -0.1) is 11.3 Å². The Balaban J connectivity index is 2.45. The molecule has 0 amide bonds. The SMILES string of the molecule is COC(=O)c1sc(-c2ccc(F)c(Cl)c2)nc1C. The first kappa shape index (κ1) is 13.0. The highest BCUT2D eigenvalue weighted by Gasteiger charge is 2.17. The number of thiazole rings is 1. The van der Waals surface area contributed by atoms with Gasteiger partial charge < -0.3 is 4.74 Å². The van der Waals surface area contributed by atoms with Gasteiger partial charge in [-0.2, -0.15) is 0 Å². The molecular formula is C12H9ClFNO2S. The van der Waals surface area contributed by atoms with Crippen LogP contribution >= 0.6 is 22.9 Å². The van der Waals surface area contributed by atoms with E-state index < -0.39 is 11.8 Å². The third-order valence-electron chi connectivity index (χ3n) is 2.33. The van der Waals surface area contributed by atoms with E-state index in [9.17, 15) is 9.18 Å². The molecule has 94 valence electrons. The molecule has 0 saturated carbocycles. The number of methoxy groups -OCH3 is 1. The third-order valence-corrected chi connectivity index (χ3v) is 3.81. The summed E-state index contributed by atoms with van der Waals surface area (Å²) in [6.07, 6.45) is 0. The summed E-state index contributed by atoms with van der Waals surface area (Å²) in [5.41, 5.74) is 1.26. The van der Waals surface area contributed by atoms with E-state index in [0.29, 0.717) is 21.1 Å². The summed E-state index contributed by atoms with van der Waals surface area (Å²) in [5, 5.41) is 0.634. The first-order valence-electron chi connectivity index (χ1n) is 5.04. The predicted molar refractivity (Wildman–Crippen MR) is 68.6 cm³/mol. The van der Waals surface area contributed by atoms with Gasteiger partial charge >= 0.3 is 5.97 Å². The van der Waals surface area contributed by atoms with E-state index in [1.165, 1.54) is 30.6 Å². The van der Waals surface area contributed by atoms with Gasteiger partial charge in [-0.3, -0.25) is 0 Å². The maximum atomic E-state index is 13.1. The number of carbonyl (C=O) groups is 1. The van der Waals surface area contributed by atoms with Gasteiger partial charge in [0.2, 0.25) is 0 Å². The van der Waals surface area contributed by atoms with Crippen LogP contribution in [0.3, 0.4) is 0 Å². The molecule has 2 aromatic rings. The fourth-order valence-corrected chi connectivity index (χ4v) is 2.59. The molecule has 0 aliphatic carbocycles. The summed E-state index contributed by atoms with van der Waals surface area (Å²) in [6, 6.07) is 4.32. The third kappa shape index (κ3) is 2.37. The lowest BCUT2D eigenvalue weighted by molar-refractivity contribution is 0.0605. The van der Waals surface area contributed by atoms with E-state index in [1.54, 1.807) is 13.0 Å². The maximum absolute atomic E-state index is 13.1. The molecule has 0 spiro atoms. The molecule has 18 heavy (non-hydrogen) atoms. The monoisotopic (exact) mass is 285 g/mol. The zero-order valence-corrected chi connectivity index (χ0v) is 11.2. The molecule has 1 aromatic carbocycles. The number of hydrogen-bond acceptors (Lipinski definition) is 4. The van der Waals surface area contributed by atoms with Gasteiger partial charge in [0.25, 0.3) is 0 Å². The standard InChI is InChI=1S/C12H9ClFNO2S/c1-6-10(12(16)17-2)18-11(15-6)7-3-4-9(14)8(13)5-7/h3-5H,1-2H3. The molecule has 0 saturated heterocycles. The summed E-state index contributed by atoms with van der Waals surface area (Å²) >= 11 is 6.90.